The second-order valence-electron chi connectivity index (χ2n) is 8.09. The zero-order valence-electron chi connectivity index (χ0n) is 15.4. The van der Waals surface area contributed by atoms with Gasteiger partial charge >= 0.3 is 0 Å². The Morgan fingerprint density at radius 3 is 2.21 bits per heavy atom. The van der Waals surface area contributed by atoms with Crippen molar-refractivity contribution in [1.29, 1.82) is 0 Å². The Balaban J connectivity index is 1.55. The molecular formula is C21H35N3. The van der Waals surface area contributed by atoms with Gasteiger partial charge in [-0.1, -0.05) is 38.2 Å². The van der Waals surface area contributed by atoms with Gasteiger partial charge in [0.1, 0.15) is 0 Å². The molecule has 0 bridgehead atoms. The molecule has 4 N–H and O–H groups in total. The molecule has 0 radical (unpaired) electrons. The van der Waals surface area contributed by atoms with Crippen LogP contribution in [-0.2, 0) is 0 Å². The molecule has 3 heteroatoms. The Labute approximate surface area is 147 Å². The SMILES string of the molecule is Cc1ccc(N)c(N)c1C1CCN(CC2CCCCCCC2)CC1. The molecule has 2 aliphatic rings. The van der Waals surface area contributed by atoms with Gasteiger partial charge in [0.2, 0.25) is 0 Å². The predicted molar refractivity (Wildman–Crippen MR) is 104 cm³/mol. The first-order chi connectivity index (χ1) is 11.6. The number of nitrogens with two attached hydrogens (primary N) is 2. The van der Waals surface area contributed by atoms with Crippen molar-refractivity contribution in [1.82, 2.24) is 4.90 Å². The van der Waals surface area contributed by atoms with E-state index in [2.05, 4.69) is 17.9 Å². The molecule has 134 valence electrons. The number of hydrogen-bond donors (Lipinski definition) is 2. The average Bonchev–Trinajstić information content (AvgIpc) is 2.55. The van der Waals surface area contributed by atoms with Crippen LogP contribution in [0, 0.1) is 12.8 Å². The molecule has 1 heterocycles. The molecule has 0 unspecified atom stereocenters. The predicted octanol–water partition coefficient (Wildman–Crippen LogP) is 4.70. The summed E-state index contributed by atoms with van der Waals surface area (Å²) in [5.74, 6) is 1.52. The Hall–Kier alpha value is -1.22. The summed E-state index contributed by atoms with van der Waals surface area (Å²) in [7, 11) is 0. The van der Waals surface area contributed by atoms with Crippen LogP contribution >= 0.6 is 0 Å². The minimum atomic E-state index is 0.585. The standard InChI is InChI=1S/C21H35N3/c1-16-9-10-19(22)21(23)20(16)18-11-13-24(14-12-18)15-17-7-5-3-2-4-6-8-17/h9-10,17-18H,2-8,11-15,22-23H2,1H3. The highest BCUT2D eigenvalue weighted by molar-refractivity contribution is 5.70. The second kappa shape index (κ2) is 8.24. The lowest BCUT2D eigenvalue weighted by Crippen LogP contribution is -2.37. The number of anilines is 2. The maximum atomic E-state index is 6.29. The van der Waals surface area contributed by atoms with Crippen LogP contribution < -0.4 is 11.5 Å². The molecule has 0 aromatic heterocycles. The molecule has 1 aliphatic carbocycles. The molecule has 1 aliphatic heterocycles. The van der Waals surface area contributed by atoms with Gasteiger partial charge in [0.05, 0.1) is 11.4 Å². The van der Waals surface area contributed by atoms with Crippen molar-refractivity contribution in [3.63, 3.8) is 0 Å². The van der Waals surface area contributed by atoms with E-state index in [-0.39, 0.29) is 0 Å². The summed E-state index contributed by atoms with van der Waals surface area (Å²) in [5.41, 5.74) is 16.5. The van der Waals surface area contributed by atoms with Crippen molar-refractivity contribution in [2.45, 2.75) is 70.6 Å². The summed E-state index contributed by atoms with van der Waals surface area (Å²) in [5, 5.41) is 0. The van der Waals surface area contributed by atoms with E-state index >= 15 is 0 Å². The van der Waals surface area contributed by atoms with E-state index in [9.17, 15) is 0 Å². The molecule has 1 aromatic carbocycles. The topological polar surface area (TPSA) is 55.3 Å². The van der Waals surface area contributed by atoms with Gasteiger partial charge < -0.3 is 16.4 Å². The Morgan fingerprint density at radius 1 is 0.917 bits per heavy atom. The molecule has 3 nitrogen and oxygen atoms in total. The largest absolute Gasteiger partial charge is 0.397 e. The van der Waals surface area contributed by atoms with E-state index in [0.717, 1.165) is 17.3 Å². The molecule has 0 amide bonds. The first kappa shape index (κ1) is 17.6. The summed E-state index contributed by atoms with van der Waals surface area (Å²) < 4.78 is 0. The van der Waals surface area contributed by atoms with Crippen molar-refractivity contribution in [2.75, 3.05) is 31.1 Å². The van der Waals surface area contributed by atoms with Gasteiger partial charge in [-0.2, -0.15) is 0 Å². The highest BCUT2D eigenvalue weighted by atomic mass is 15.1. The molecule has 24 heavy (non-hydrogen) atoms. The monoisotopic (exact) mass is 329 g/mol. The number of likely N-dealkylation sites (tertiary alicyclic amines) is 1. The molecule has 1 aromatic rings. The van der Waals surface area contributed by atoms with E-state index in [0.29, 0.717) is 5.92 Å². The Morgan fingerprint density at radius 2 is 1.54 bits per heavy atom. The summed E-state index contributed by atoms with van der Waals surface area (Å²) >= 11 is 0. The Bertz CT molecular complexity index is 524. The van der Waals surface area contributed by atoms with Gasteiger partial charge in [0.15, 0.2) is 0 Å². The molecule has 1 saturated heterocycles. The number of nitrogens with zero attached hydrogens (tertiary/aromatic N) is 1. The number of aryl methyl sites for hydroxylation is 1. The minimum Gasteiger partial charge on any atom is -0.397 e. The van der Waals surface area contributed by atoms with Crippen LogP contribution in [0.2, 0.25) is 0 Å². The second-order valence-corrected chi connectivity index (χ2v) is 8.09. The smallest absolute Gasteiger partial charge is 0.0585 e. The van der Waals surface area contributed by atoms with Gasteiger partial charge in [0, 0.05) is 6.54 Å². The zero-order chi connectivity index (χ0) is 16.9. The van der Waals surface area contributed by atoms with E-state index in [4.69, 9.17) is 11.5 Å². The summed E-state index contributed by atoms with van der Waals surface area (Å²) in [4.78, 5) is 2.71. The van der Waals surface area contributed by atoms with Gasteiger partial charge in [-0.05, 0) is 74.7 Å². The molecule has 0 atom stereocenters. The molecule has 1 saturated carbocycles. The maximum absolute atomic E-state index is 6.29. The van der Waals surface area contributed by atoms with Crippen molar-refractivity contribution in [3.05, 3.63) is 23.3 Å². The normalized spacial score (nSPS) is 22.2. The number of hydrogen-bond acceptors (Lipinski definition) is 3. The summed E-state index contributed by atoms with van der Waals surface area (Å²) in [6.45, 7) is 5.92. The van der Waals surface area contributed by atoms with E-state index in [1.54, 1.807) is 0 Å². The molecular weight excluding hydrogens is 294 g/mol. The number of nitrogen functional groups attached to an aromatic ring is 2. The van der Waals surface area contributed by atoms with Crippen molar-refractivity contribution >= 4 is 11.4 Å². The lowest BCUT2D eigenvalue weighted by atomic mass is 9.84. The van der Waals surface area contributed by atoms with Crippen molar-refractivity contribution < 1.29 is 0 Å². The van der Waals surface area contributed by atoms with E-state index < -0.39 is 0 Å². The molecule has 2 fully saturated rings. The quantitative estimate of drug-likeness (QED) is 0.790. The first-order valence-corrected chi connectivity index (χ1v) is 10.0. The van der Waals surface area contributed by atoms with Crippen molar-refractivity contribution in [2.24, 2.45) is 5.92 Å². The maximum Gasteiger partial charge on any atom is 0.0585 e. The fourth-order valence-corrected chi connectivity index (χ4v) is 4.80. The Kier molecular flexibility index (Phi) is 6.04. The van der Waals surface area contributed by atoms with Gasteiger partial charge in [0.25, 0.3) is 0 Å². The fourth-order valence-electron chi connectivity index (χ4n) is 4.80. The highest BCUT2D eigenvalue weighted by Gasteiger charge is 2.25. The van der Waals surface area contributed by atoms with Crippen LogP contribution in [0.15, 0.2) is 12.1 Å². The zero-order valence-corrected chi connectivity index (χ0v) is 15.4. The lowest BCUT2D eigenvalue weighted by Gasteiger charge is -2.36. The van der Waals surface area contributed by atoms with Crippen LogP contribution in [0.25, 0.3) is 0 Å². The van der Waals surface area contributed by atoms with Crippen LogP contribution in [-0.4, -0.2) is 24.5 Å². The fraction of sp³-hybridized carbons (Fsp3) is 0.714. The van der Waals surface area contributed by atoms with E-state index in [1.807, 2.05) is 6.07 Å². The summed E-state index contributed by atoms with van der Waals surface area (Å²) in [6, 6.07) is 4.07. The summed E-state index contributed by atoms with van der Waals surface area (Å²) in [6.07, 6.45) is 12.6. The van der Waals surface area contributed by atoms with E-state index in [1.165, 1.54) is 88.5 Å². The first-order valence-electron chi connectivity index (χ1n) is 10.0. The number of rotatable bonds is 3. The average molecular weight is 330 g/mol. The lowest BCUT2D eigenvalue weighted by molar-refractivity contribution is 0.169. The van der Waals surface area contributed by atoms with Gasteiger partial charge in [-0.15, -0.1) is 0 Å². The third kappa shape index (κ3) is 4.24. The number of benzene rings is 1. The highest BCUT2D eigenvalue weighted by Crippen LogP contribution is 2.37. The third-order valence-corrected chi connectivity index (χ3v) is 6.28. The minimum absolute atomic E-state index is 0.585. The van der Waals surface area contributed by atoms with Gasteiger partial charge in [-0.3, -0.25) is 0 Å². The molecule has 0 spiro atoms. The van der Waals surface area contributed by atoms with Crippen molar-refractivity contribution in [3.8, 4) is 0 Å². The molecule has 3 rings (SSSR count). The van der Waals surface area contributed by atoms with Crippen LogP contribution in [0.4, 0.5) is 11.4 Å². The van der Waals surface area contributed by atoms with Crippen LogP contribution in [0.1, 0.15) is 74.8 Å². The van der Waals surface area contributed by atoms with Gasteiger partial charge in [-0.25, -0.2) is 0 Å². The third-order valence-electron chi connectivity index (χ3n) is 6.28. The van der Waals surface area contributed by atoms with Crippen LogP contribution in [0.5, 0.6) is 0 Å². The van der Waals surface area contributed by atoms with Crippen LogP contribution in [0.3, 0.4) is 0 Å². The number of piperidine rings is 1.